The first kappa shape index (κ1) is 17.1. The number of β-amino-alcohol motifs (C(OH)–C–C–N with tert-alkyl or cyclic N) is 2. The Bertz CT molecular complexity index is 646. The van der Waals surface area contributed by atoms with E-state index in [1.807, 2.05) is 35.2 Å². The number of aliphatic hydroxyl groups excluding tert-OH is 3. The highest BCUT2D eigenvalue weighted by atomic mass is 16.3. The minimum absolute atomic E-state index is 0.415. The molecule has 4 nitrogen and oxygen atoms in total. The zero-order chi connectivity index (χ0) is 16.9. The summed E-state index contributed by atoms with van der Waals surface area (Å²) in [6, 6.07) is 18.3. The van der Waals surface area contributed by atoms with Gasteiger partial charge in [0.05, 0.1) is 18.3 Å². The van der Waals surface area contributed by atoms with Gasteiger partial charge in [-0.1, -0.05) is 54.6 Å². The van der Waals surface area contributed by atoms with Crippen molar-refractivity contribution in [2.45, 2.75) is 31.2 Å². The predicted octanol–water partition coefficient (Wildman–Crippen LogP) is 1.68. The summed E-state index contributed by atoms with van der Waals surface area (Å²) in [7, 11) is 0. The Balaban J connectivity index is 1.66. The highest BCUT2D eigenvalue weighted by Crippen LogP contribution is 2.24. The van der Waals surface area contributed by atoms with Gasteiger partial charge in [0.25, 0.3) is 0 Å². The fourth-order valence-electron chi connectivity index (χ4n) is 3.36. The van der Waals surface area contributed by atoms with E-state index in [2.05, 4.69) is 24.3 Å². The van der Waals surface area contributed by atoms with Gasteiger partial charge in [-0.3, -0.25) is 4.90 Å². The molecule has 3 atom stereocenters. The summed E-state index contributed by atoms with van der Waals surface area (Å²) in [6.07, 6.45) is -0.744. The number of benzene rings is 2. The second-order valence-electron chi connectivity index (χ2n) is 6.56. The molecule has 4 heteroatoms. The van der Waals surface area contributed by atoms with Crippen LogP contribution in [0.2, 0.25) is 0 Å². The molecule has 3 unspecified atom stereocenters. The third kappa shape index (κ3) is 4.22. The number of rotatable bonds is 5. The highest BCUT2D eigenvalue weighted by molar-refractivity contribution is 5.67. The third-order valence-corrected chi connectivity index (χ3v) is 4.66. The van der Waals surface area contributed by atoms with Crippen LogP contribution in [0.25, 0.3) is 11.1 Å². The van der Waals surface area contributed by atoms with E-state index in [1.165, 1.54) is 0 Å². The Labute approximate surface area is 143 Å². The van der Waals surface area contributed by atoms with Crippen LogP contribution < -0.4 is 0 Å². The Kier molecular flexibility index (Phi) is 5.63. The first-order valence-electron chi connectivity index (χ1n) is 8.53. The summed E-state index contributed by atoms with van der Waals surface area (Å²) >= 11 is 0. The summed E-state index contributed by atoms with van der Waals surface area (Å²) < 4.78 is 0. The molecule has 1 aliphatic rings. The molecule has 1 aliphatic heterocycles. The van der Waals surface area contributed by atoms with E-state index in [9.17, 15) is 15.3 Å². The number of aliphatic hydroxyl groups is 3. The summed E-state index contributed by atoms with van der Waals surface area (Å²) in [5.41, 5.74) is 3.41. The predicted molar refractivity (Wildman–Crippen MR) is 94.7 cm³/mol. The molecule has 0 aliphatic carbocycles. The molecule has 0 saturated carbocycles. The molecular weight excluding hydrogens is 302 g/mol. The molecule has 24 heavy (non-hydrogen) atoms. The van der Waals surface area contributed by atoms with E-state index >= 15 is 0 Å². The summed E-state index contributed by atoms with van der Waals surface area (Å²) in [5.74, 6) is 0. The SMILES string of the molecule is OC(Cc1ccccc1-c1ccccc1)CN1CCC(O)C(O)C1. The molecule has 0 aromatic heterocycles. The maximum atomic E-state index is 10.5. The van der Waals surface area contributed by atoms with Gasteiger partial charge >= 0.3 is 0 Å². The molecule has 1 heterocycles. The van der Waals surface area contributed by atoms with E-state index in [0.717, 1.165) is 16.7 Å². The minimum Gasteiger partial charge on any atom is -0.391 e. The lowest BCUT2D eigenvalue weighted by Crippen LogP contribution is -2.49. The van der Waals surface area contributed by atoms with E-state index < -0.39 is 18.3 Å². The molecular formula is C20H25NO3. The van der Waals surface area contributed by atoms with Crippen molar-refractivity contribution < 1.29 is 15.3 Å². The van der Waals surface area contributed by atoms with Crippen LogP contribution in [0.15, 0.2) is 54.6 Å². The second kappa shape index (κ2) is 7.90. The quantitative estimate of drug-likeness (QED) is 0.782. The number of likely N-dealkylation sites (tertiary alicyclic amines) is 1. The lowest BCUT2D eigenvalue weighted by molar-refractivity contribution is -0.0468. The molecule has 0 amide bonds. The Hall–Kier alpha value is -1.72. The fourth-order valence-corrected chi connectivity index (χ4v) is 3.36. The van der Waals surface area contributed by atoms with Crippen LogP contribution >= 0.6 is 0 Å². The van der Waals surface area contributed by atoms with Crippen LogP contribution in [0.4, 0.5) is 0 Å². The van der Waals surface area contributed by atoms with Gasteiger partial charge in [0.15, 0.2) is 0 Å². The zero-order valence-electron chi connectivity index (χ0n) is 13.8. The van der Waals surface area contributed by atoms with Crippen LogP contribution in [0.5, 0.6) is 0 Å². The van der Waals surface area contributed by atoms with Gasteiger partial charge in [-0.25, -0.2) is 0 Å². The van der Waals surface area contributed by atoms with E-state index in [-0.39, 0.29) is 0 Å². The monoisotopic (exact) mass is 327 g/mol. The van der Waals surface area contributed by atoms with Crippen LogP contribution in [-0.2, 0) is 6.42 Å². The Morgan fingerprint density at radius 1 is 0.958 bits per heavy atom. The molecule has 128 valence electrons. The molecule has 2 aromatic rings. The van der Waals surface area contributed by atoms with E-state index in [4.69, 9.17) is 0 Å². The first-order chi connectivity index (χ1) is 11.6. The average molecular weight is 327 g/mol. The molecule has 0 bridgehead atoms. The van der Waals surface area contributed by atoms with Gasteiger partial charge in [0.1, 0.15) is 0 Å². The van der Waals surface area contributed by atoms with Crippen LogP contribution in [0, 0.1) is 0 Å². The number of hydrogen-bond acceptors (Lipinski definition) is 4. The Morgan fingerprint density at radius 2 is 1.67 bits per heavy atom. The highest BCUT2D eigenvalue weighted by Gasteiger charge is 2.27. The topological polar surface area (TPSA) is 63.9 Å². The third-order valence-electron chi connectivity index (χ3n) is 4.66. The maximum absolute atomic E-state index is 10.5. The number of nitrogens with zero attached hydrogens (tertiary/aromatic N) is 1. The van der Waals surface area contributed by atoms with Crippen molar-refractivity contribution in [2.24, 2.45) is 0 Å². The lowest BCUT2D eigenvalue weighted by atomic mass is 9.95. The van der Waals surface area contributed by atoms with Crippen molar-refractivity contribution in [2.75, 3.05) is 19.6 Å². The van der Waals surface area contributed by atoms with Crippen molar-refractivity contribution in [3.8, 4) is 11.1 Å². The largest absolute Gasteiger partial charge is 0.391 e. The van der Waals surface area contributed by atoms with Crippen molar-refractivity contribution in [3.05, 3.63) is 60.2 Å². The molecule has 2 aromatic carbocycles. The summed E-state index contributed by atoms with van der Waals surface area (Å²) in [4.78, 5) is 2.02. The minimum atomic E-state index is -0.720. The van der Waals surface area contributed by atoms with Gasteiger partial charge in [-0.05, 0) is 23.1 Å². The molecule has 0 radical (unpaired) electrons. The van der Waals surface area contributed by atoms with Gasteiger partial charge in [-0.15, -0.1) is 0 Å². The fraction of sp³-hybridized carbons (Fsp3) is 0.400. The number of hydrogen-bond donors (Lipinski definition) is 3. The molecule has 3 N–H and O–H groups in total. The zero-order valence-corrected chi connectivity index (χ0v) is 13.8. The summed E-state index contributed by atoms with van der Waals surface area (Å²) in [6.45, 7) is 1.63. The van der Waals surface area contributed by atoms with E-state index in [0.29, 0.717) is 32.5 Å². The standard InChI is InChI=1S/C20H25NO3/c22-17(13-21-11-10-19(23)20(24)14-21)12-16-8-4-5-9-18(16)15-6-2-1-3-7-15/h1-9,17,19-20,22-24H,10-14H2. The average Bonchev–Trinajstić information content (AvgIpc) is 2.59. The van der Waals surface area contributed by atoms with E-state index in [1.54, 1.807) is 0 Å². The van der Waals surface area contributed by atoms with Gasteiger partial charge in [0, 0.05) is 26.1 Å². The molecule has 0 spiro atoms. The van der Waals surface area contributed by atoms with Gasteiger partial charge in [0.2, 0.25) is 0 Å². The van der Waals surface area contributed by atoms with Crippen LogP contribution in [0.3, 0.4) is 0 Å². The molecule has 3 rings (SSSR count). The molecule has 1 fully saturated rings. The van der Waals surface area contributed by atoms with Crippen molar-refractivity contribution in [1.82, 2.24) is 4.90 Å². The van der Waals surface area contributed by atoms with Crippen LogP contribution in [-0.4, -0.2) is 58.2 Å². The van der Waals surface area contributed by atoms with Gasteiger partial charge in [-0.2, -0.15) is 0 Å². The van der Waals surface area contributed by atoms with Crippen molar-refractivity contribution in [3.63, 3.8) is 0 Å². The number of piperidine rings is 1. The summed E-state index contributed by atoms with van der Waals surface area (Å²) in [5, 5.41) is 29.9. The molecule has 1 saturated heterocycles. The van der Waals surface area contributed by atoms with Gasteiger partial charge < -0.3 is 15.3 Å². The smallest absolute Gasteiger partial charge is 0.0926 e. The van der Waals surface area contributed by atoms with Crippen molar-refractivity contribution in [1.29, 1.82) is 0 Å². The second-order valence-corrected chi connectivity index (χ2v) is 6.56. The lowest BCUT2D eigenvalue weighted by Gasteiger charge is -2.34. The first-order valence-corrected chi connectivity index (χ1v) is 8.53. The maximum Gasteiger partial charge on any atom is 0.0926 e. The normalized spacial score (nSPS) is 23.1. The Morgan fingerprint density at radius 3 is 2.42 bits per heavy atom. The van der Waals surface area contributed by atoms with Crippen LogP contribution in [0.1, 0.15) is 12.0 Å². The van der Waals surface area contributed by atoms with Crippen molar-refractivity contribution >= 4 is 0 Å².